The topological polar surface area (TPSA) is 130 Å². The van der Waals surface area contributed by atoms with E-state index in [1.165, 1.54) is 9.13 Å². The fraction of sp³-hybridized carbons (Fsp3) is 0.571. The van der Waals surface area contributed by atoms with Gasteiger partial charge in [0, 0.05) is 40.9 Å². The van der Waals surface area contributed by atoms with Crippen LogP contribution in [0.2, 0.25) is 25.7 Å². The predicted octanol–water partition coefficient (Wildman–Crippen LogP) is 4.43. The molecule has 4 aromatic rings. The molecule has 0 saturated carbocycles. The van der Waals surface area contributed by atoms with Crippen LogP contribution in [0.5, 0.6) is 0 Å². The summed E-state index contributed by atoms with van der Waals surface area (Å²) < 4.78 is 18.0. The molecular weight excluding hydrogens is 641 g/mol. The zero-order chi connectivity index (χ0) is 35.7. The number of hydrogen-bond donors (Lipinski definition) is 1. The monoisotopic (exact) mass is 690 g/mol. The van der Waals surface area contributed by atoms with Crippen LogP contribution in [0.3, 0.4) is 0 Å². The molecule has 3 aromatic heterocycles. The number of piperidine rings is 1. The number of ether oxygens (including phenoxy) is 2. The van der Waals surface area contributed by atoms with E-state index < -0.39 is 31.0 Å². The number of rotatable bonds is 10. The Bertz CT molecular complexity index is 2030. The molecule has 1 amide bonds. The number of anilines is 1. The van der Waals surface area contributed by atoms with E-state index in [-0.39, 0.29) is 19.1 Å². The highest BCUT2D eigenvalue weighted by atomic mass is 28.3. The molecule has 264 valence electrons. The van der Waals surface area contributed by atoms with Gasteiger partial charge in [-0.15, -0.1) is 5.92 Å². The number of hydrogen-bond acceptors (Lipinski definition) is 8. The molecule has 5 rings (SSSR count). The number of nitrogens with one attached hydrogen (secondary N) is 1. The molecule has 0 aliphatic carbocycles. The summed E-state index contributed by atoms with van der Waals surface area (Å²) in [5, 5.41) is 2.98. The minimum absolute atomic E-state index is 0.0731. The average molecular weight is 691 g/mol. The summed E-state index contributed by atoms with van der Waals surface area (Å²) in [5.41, 5.74) is 1.60. The Hall–Kier alpha value is -4.35. The standard InChI is InChI=1S/C35H50N8O5Si/c1-10-11-17-41-29-30(38-32(41)40-16-12-13-26(22-40)37-33(45)48-35(3,4)5)39(6)34(46)42(31(29)44)21-25-14-15-27-28(20-25)43(24(2)36-27)23-47-18-19-49(7,8)9/h14-15,20,26H,12-13,16-19,21-23H2,1-9H3,(H,37,45). The van der Waals surface area contributed by atoms with Crippen molar-refractivity contribution < 1.29 is 14.3 Å². The first-order valence-electron chi connectivity index (χ1n) is 16.9. The van der Waals surface area contributed by atoms with Crippen LogP contribution in [0.15, 0.2) is 27.8 Å². The fourth-order valence-corrected chi connectivity index (χ4v) is 6.82. The third kappa shape index (κ3) is 8.28. The van der Waals surface area contributed by atoms with Gasteiger partial charge in [-0.25, -0.2) is 14.6 Å². The van der Waals surface area contributed by atoms with Crippen LogP contribution in [-0.2, 0) is 36.3 Å². The van der Waals surface area contributed by atoms with Crippen molar-refractivity contribution in [3.05, 3.63) is 50.4 Å². The Labute approximate surface area is 288 Å². The molecule has 0 bridgehead atoms. The highest BCUT2D eigenvalue weighted by Gasteiger charge is 2.29. The number of alkyl carbamates (subject to hydrolysis) is 1. The minimum Gasteiger partial charge on any atom is -0.444 e. The van der Waals surface area contributed by atoms with Crippen molar-refractivity contribution in [2.24, 2.45) is 7.05 Å². The third-order valence-electron chi connectivity index (χ3n) is 8.61. The Morgan fingerprint density at radius 1 is 1.12 bits per heavy atom. The number of imidazole rings is 2. The molecule has 49 heavy (non-hydrogen) atoms. The van der Waals surface area contributed by atoms with E-state index in [1.54, 1.807) is 18.5 Å². The lowest BCUT2D eigenvalue weighted by molar-refractivity contribution is 0.0499. The van der Waals surface area contributed by atoms with E-state index in [9.17, 15) is 14.4 Å². The summed E-state index contributed by atoms with van der Waals surface area (Å²) in [5.74, 6) is 7.38. The van der Waals surface area contributed by atoms with Gasteiger partial charge in [0.25, 0.3) is 5.56 Å². The second kappa shape index (κ2) is 14.2. The van der Waals surface area contributed by atoms with Crippen molar-refractivity contribution in [2.75, 3.05) is 24.6 Å². The highest BCUT2D eigenvalue weighted by Crippen LogP contribution is 2.24. The van der Waals surface area contributed by atoms with Gasteiger partial charge >= 0.3 is 11.8 Å². The van der Waals surface area contributed by atoms with Crippen molar-refractivity contribution in [1.29, 1.82) is 0 Å². The van der Waals surface area contributed by atoms with Crippen LogP contribution in [0.25, 0.3) is 22.2 Å². The van der Waals surface area contributed by atoms with Crippen LogP contribution in [0.1, 0.15) is 51.9 Å². The van der Waals surface area contributed by atoms with Crippen molar-refractivity contribution >= 4 is 42.3 Å². The highest BCUT2D eigenvalue weighted by molar-refractivity contribution is 6.76. The number of aromatic nitrogens is 6. The number of carbonyl (C=O) groups is 1. The van der Waals surface area contributed by atoms with Crippen LogP contribution >= 0.6 is 0 Å². The molecule has 1 saturated heterocycles. The van der Waals surface area contributed by atoms with E-state index in [2.05, 4.69) is 36.8 Å². The molecule has 1 aromatic carbocycles. The summed E-state index contributed by atoms with van der Waals surface area (Å²) in [7, 11) is 0.414. The Morgan fingerprint density at radius 3 is 2.57 bits per heavy atom. The molecule has 13 nitrogen and oxygen atoms in total. The van der Waals surface area contributed by atoms with E-state index >= 15 is 0 Å². The second-order valence-corrected chi connectivity index (χ2v) is 20.6. The largest absolute Gasteiger partial charge is 0.444 e. The average Bonchev–Trinajstić information content (AvgIpc) is 3.55. The Balaban J connectivity index is 1.48. The van der Waals surface area contributed by atoms with Gasteiger partial charge in [0.15, 0.2) is 11.2 Å². The zero-order valence-corrected chi connectivity index (χ0v) is 31.3. The SMILES string of the molecule is CC#CCn1c(N2CCCC(NC(=O)OC(C)(C)C)C2)nc2c1c(=O)n(Cc1ccc3nc(C)n(COCC[Si](C)(C)C)c3c1)c(=O)n2C. The number of benzene rings is 1. The zero-order valence-electron chi connectivity index (χ0n) is 30.3. The first-order chi connectivity index (χ1) is 23.1. The minimum atomic E-state index is -1.22. The van der Waals surface area contributed by atoms with E-state index in [4.69, 9.17) is 19.4 Å². The first kappa shape index (κ1) is 35.9. The van der Waals surface area contributed by atoms with Crippen molar-refractivity contribution in [3.8, 4) is 11.8 Å². The maximum Gasteiger partial charge on any atom is 0.407 e. The lowest BCUT2D eigenvalue weighted by Crippen LogP contribution is -2.49. The molecule has 14 heteroatoms. The normalized spacial score (nSPS) is 15.4. The maximum absolute atomic E-state index is 14.2. The van der Waals surface area contributed by atoms with Crippen molar-refractivity contribution in [1.82, 2.24) is 33.6 Å². The van der Waals surface area contributed by atoms with Gasteiger partial charge in [0.2, 0.25) is 5.95 Å². The van der Waals surface area contributed by atoms with Gasteiger partial charge in [-0.1, -0.05) is 31.6 Å². The molecule has 1 N–H and O–H groups in total. The van der Waals surface area contributed by atoms with Gasteiger partial charge in [0.1, 0.15) is 18.2 Å². The Morgan fingerprint density at radius 2 is 1.88 bits per heavy atom. The molecule has 0 spiro atoms. The lowest BCUT2D eigenvalue weighted by atomic mass is 10.1. The fourth-order valence-electron chi connectivity index (χ4n) is 6.07. The van der Waals surface area contributed by atoms with Crippen LogP contribution < -0.4 is 21.5 Å². The maximum atomic E-state index is 14.2. The summed E-state index contributed by atoms with van der Waals surface area (Å²) in [6, 6.07) is 6.69. The number of amides is 1. The van der Waals surface area contributed by atoms with Gasteiger partial charge in [-0.3, -0.25) is 18.5 Å². The second-order valence-electron chi connectivity index (χ2n) is 15.0. The number of nitrogens with zero attached hydrogens (tertiary/aromatic N) is 7. The number of carbonyl (C=O) groups excluding carboxylic acids is 1. The molecule has 1 atom stereocenters. The summed E-state index contributed by atoms with van der Waals surface area (Å²) >= 11 is 0. The van der Waals surface area contributed by atoms with E-state index in [0.717, 1.165) is 41.3 Å². The van der Waals surface area contributed by atoms with Crippen LogP contribution in [0, 0.1) is 18.8 Å². The molecule has 1 aliphatic rings. The molecule has 0 radical (unpaired) electrons. The van der Waals surface area contributed by atoms with Gasteiger partial charge < -0.3 is 24.3 Å². The first-order valence-corrected chi connectivity index (χ1v) is 20.6. The number of fused-ring (bicyclic) bond motifs is 2. The van der Waals surface area contributed by atoms with E-state index in [1.807, 2.05) is 55.4 Å². The molecule has 4 heterocycles. The molecule has 1 unspecified atom stereocenters. The van der Waals surface area contributed by atoms with Gasteiger partial charge in [0.05, 0.1) is 24.1 Å². The summed E-state index contributed by atoms with van der Waals surface area (Å²) in [4.78, 5) is 52.1. The smallest absolute Gasteiger partial charge is 0.407 e. The summed E-state index contributed by atoms with van der Waals surface area (Å²) in [6.45, 7) is 18.7. The lowest BCUT2D eigenvalue weighted by Gasteiger charge is -2.34. The van der Waals surface area contributed by atoms with Crippen LogP contribution in [-0.4, -0.2) is 73.7 Å². The third-order valence-corrected chi connectivity index (χ3v) is 10.3. The van der Waals surface area contributed by atoms with Crippen LogP contribution in [0.4, 0.5) is 10.7 Å². The molecular formula is C35H50N8O5Si. The van der Waals surface area contributed by atoms with Crippen molar-refractivity contribution in [3.63, 3.8) is 0 Å². The van der Waals surface area contributed by atoms with Crippen molar-refractivity contribution in [2.45, 2.75) is 105 Å². The Kier molecular flexibility index (Phi) is 10.4. The van der Waals surface area contributed by atoms with E-state index in [0.29, 0.717) is 43.5 Å². The quantitative estimate of drug-likeness (QED) is 0.147. The van der Waals surface area contributed by atoms with Gasteiger partial charge in [-0.2, -0.15) is 4.98 Å². The predicted molar refractivity (Wildman–Crippen MR) is 195 cm³/mol. The number of aryl methyl sites for hydroxylation is 2. The summed E-state index contributed by atoms with van der Waals surface area (Å²) in [6.07, 6.45) is 1.11. The molecule has 1 aliphatic heterocycles. The van der Waals surface area contributed by atoms with Gasteiger partial charge in [-0.05, 0) is 71.2 Å². The molecule has 1 fully saturated rings.